The van der Waals surface area contributed by atoms with Crippen LogP contribution in [0.2, 0.25) is 0 Å². The van der Waals surface area contributed by atoms with E-state index in [0.29, 0.717) is 5.03 Å². The number of fused-ring (bicyclic) bond motifs is 2. The number of halogens is 1. The Bertz CT molecular complexity index is 382. The molecule has 2 aliphatic rings. The summed E-state index contributed by atoms with van der Waals surface area (Å²) in [5.74, 6) is -0.0476. The highest BCUT2D eigenvalue weighted by Gasteiger charge is 2.41. The fourth-order valence-corrected chi connectivity index (χ4v) is 2.72. The molecule has 0 amide bonds. The van der Waals surface area contributed by atoms with Crippen LogP contribution in [0.5, 0.6) is 0 Å². The van der Waals surface area contributed by atoms with E-state index in [-0.39, 0.29) is 17.9 Å². The number of hydrogen-bond donors (Lipinski definition) is 0. The molecule has 0 heterocycles. The minimum atomic E-state index is -3.39. The molecule has 0 saturated heterocycles. The van der Waals surface area contributed by atoms with Gasteiger partial charge in [0, 0.05) is 16.9 Å². The van der Waals surface area contributed by atoms with Gasteiger partial charge < -0.3 is 0 Å². The van der Waals surface area contributed by atoms with Gasteiger partial charge in [-0.1, -0.05) is 29.8 Å². The summed E-state index contributed by atoms with van der Waals surface area (Å²) in [4.78, 5) is 0. The van der Waals surface area contributed by atoms with Gasteiger partial charge in [-0.05, 0) is 0 Å². The summed E-state index contributed by atoms with van der Waals surface area (Å²) in [6, 6.07) is 0. The highest BCUT2D eigenvalue weighted by atomic mass is 35.5. The molecule has 5 heteroatoms. The number of hydrogen-bond acceptors (Lipinski definition) is 3. The third kappa shape index (κ3) is 1.66. The van der Waals surface area contributed by atoms with Crippen molar-refractivity contribution < 1.29 is 12.6 Å². The summed E-state index contributed by atoms with van der Waals surface area (Å²) in [5, 5.41) is 0.682. The summed E-state index contributed by atoms with van der Waals surface area (Å²) >= 11 is 5.87. The van der Waals surface area contributed by atoms with E-state index in [1.165, 1.54) is 0 Å². The molecule has 72 valence electrons. The van der Waals surface area contributed by atoms with E-state index in [2.05, 4.69) is 0 Å². The molecule has 0 fully saturated rings. The Balaban J connectivity index is 2.16. The molecule has 0 radical (unpaired) electrons. The van der Waals surface area contributed by atoms with Gasteiger partial charge in [0.15, 0.2) is 0 Å². The molecule has 3 unspecified atom stereocenters. The predicted molar refractivity (Wildman–Crippen MR) is 49.8 cm³/mol. The molecular formula is C8H9ClO3S. The summed E-state index contributed by atoms with van der Waals surface area (Å²) in [5.41, 5.74) is 0. The van der Waals surface area contributed by atoms with Crippen LogP contribution in [-0.4, -0.2) is 20.8 Å². The summed E-state index contributed by atoms with van der Waals surface area (Å²) < 4.78 is 26.7. The average molecular weight is 221 g/mol. The highest BCUT2D eigenvalue weighted by molar-refractivity contribution is 7.86. The second-order valence-electron chi connectivity index (χ2n) is 3.30. The Labute approximate surface area is 82.2 Å². The highest BCUT2D eigenvalue weighted by Crippen LogP contribution is 2.42. The third-order valence-corrected chi connectivity index (χ3v) is 3.18. The lowest BCUT2D eigenvalue weighted by Gasteiger charge is -2.15. The average Bonchev–Trinajstić information content (AvgIpc) is 2.42. The van der Waals surface area contributed by atoms with Gasteiger partial charge in [0.2, 0.25) is 0 Å². The zero-order valence-corrected chi connectivity index (χ0v) is 8.55. The van der Waals surface area contributed by atoms with Crippen LogP contribution in [0.15, 0.2) is 23.3 Å². The smallest absolute Gasteiger partial charge is 0.264 e. The first-order chi connectivity index (χ1) is 5.97. The van der Waals surface area contributed by atoms with Gasteiger partial charge in [-0.2, -0.15) is 8.42 Å². The van der Waals surface area contributed by atoms with Crippen LogP contribution in [0, 0.1) is 11.8 Å². The fourth-order valence-electron chi connectivity index (χ4n) is 1.73. The molecule has 0 N–H and O–H groups in total. The van der Waals surface area contributed by atoms with Crippen molar-refractivity contribution in [1.82, 2.24) is 0 Å². The van der Waals surface area contributed by atoms with E-state index < -0.39 is 10.1 Å². The summed E-state index contributed by atoms with van der Waals surface area (Å²) in [6.45, 7) is 0. The van der Waals surface area contributed by atoms with Crippen molar-refractivity contribution in [1.29, 1.82) is 0 Å². The van der Waals surface area contributed by atoms with Crippen molar-refractivity contribution in [3.05, 3.63) is 23.3 Å². The van der Waals surface area contributed by atoms with Gasteiger partial charge in [-0.3, -0.25) is 4.18 Å². The van der Waals surface area contributed by atoms with Crippen molar-refractivity contribution >= 4 is 21.7 Å². The lowest BCUT2D eigenvalue weighted by molar-refractivity contribution is 0.181. The lowest BCUT2D eigenvalue weighted by Crippen LogP contribution is -2.23. The molecule has 0 aliphatic heterocycles. The van der Waals surface area contributed by atoms with Gasteiger partial charge in [0.1, 0.15) is 0 Å². The third-order valence-electron chi connectivity index (χ3n) is 2.23. The van der Waals surface area contributed by atoms with Crippen LogP contribution in [0.25, 0.3) is 0 Å². The van der Waals surface area contributed by atoms with E-state index in [0.717, 1.165) is 6.26 Å². The molecule has 2 aliphatic carbocycles. The zero-order chi connectivity index (χ0) is 9.64. The molecule has 0 aromatic rings. The van der Waals surface area contributed by atoms with Crippen molar-refractivity contribution in [3.63, 3.8) is 0 Å². The second kappa shape index (κ2) is 2.83. The van der Waals surface area contributed by atoms with Crippen molar-refractivity contribution in [2.45, 2.75) is 6.10 Å². The molecule has 2 rings (SSSR count). The fraction of sp³-hybridized carbons (Fsp3) is 0.500. The lowest BCUT2D eigenvalue weighted by atomic mass is 10.1. The van der Waals surface area contributed by atoms with Gasteiger partial charge >= 0.3 is 0 Å². The normalized spacial score (nSPS) is 36.8. The molecule has 0 aromatic carbocycles. The van der Waals surface area contributed by atoms with Crippen molar-refractivity contribution in [2.24, 2.45) is 11.8 Å². The maximum atomic E-state index is 10.9. The first-order valence-electron chi connectivity index (χ1n) is 3.91. The molecule has 3 atom stereocenters. The van der Waals surface area contributed by atoms with E-state index in [4.69, 9.17) is 15.8 Å². The quantitative estimate of drug-likeness (QED) is 0.520. The minimum absolute atomic E-state index is 0.0206. The molecule has 0 spiro atoms. The van der Waals surface area contributed by atoms with Crippen LogP contribution in [0.3, 0.4) is 0 Å². The maximum absolute atomic E-state index is 10.9. The molecule has 3 nitrogen and oxygen atoms in total. The minimum Gasteiger partial charge on any atom is -0.265 e. The Morgan fingerprint density at radius 2 is 2.15 bits per heavy atom. The summed E-state index contributed by atoms with van der Waals surface area (Å²) in [7, 11) is -3.39. The SMILES string of the molecule is CS(=O)(=O)OC1C2C=CC1C(Cl)=C2. The van der Waals surface area contributed by atoms with Gasteiger partial charge in [0.05, 0.1) is 12.4 Å². The Morgan fingerprint density at radius 1 is 1.46 bits per heavy atom. The maximum Gasteiger partial charge on any atom is 0.264 e. The van der Waals surface area contributed by atoms with Gasteiger partial charge in [-0.25, -0.2) is 0 Å². The molecule has 2 bridgehead atoms. The van der Waals surface area contributed by atoms with Crippen LogP contribution in [0.1, 0.15) is 0 Å². The van der Waals surface area contributed by atoms with Crippen LogP contribution in [0.4, 0.5) is 0 Å². The van der Waals surface area contributed by atoms with Crippen LogP contribution < -0.4 is 0 Å². The Kier molecular flexibility index (Phi) is 2.02. The second-order valence-corrected chi connectivity index (χ2v) is 5.34. The van der Waals surface area contributed by atoms with E-state index >= 15 is 0 Å². The van der Waals surface area contributed by atoms with E-state index in [1.807, 2.05) is 18.2 Å². The Morgan fingerprint density at radius 3 is 2.54 bits per heavy atom. The van der Waals surface area contributed by atoms with E-state index in [1.54, 1.807) is 0 Å². The standard InChI is InChI=1S/C8H9ClO3S/c1-13(10,11)12-8-5-2-3-6(8)7(9)4-5/h2-6,8H,1H3. The zero-order valence-electron chi connectivity index (χ0n) is 6.98. The van der Waals surface area contributed by atoms with Crippen LogP contribution >= 0.6 is 11.6 Å². The molecule has 13 heavy (non-hydrogen) atoms. The first-order valence-corrected chi connectivity index (χ1v) is 6.10. The molecule has 0 saturated carbocycles. The van der Waals surface area contributed by atoms with Crippen molar-refractivity contribution in [3.8, 4) is 0 Å². The van der Waals surface area contributed by atoms with Crippen molar-refractivity contribution in [2.75, 3.05) is 6.26 Å². The van der Waals surface area contributed by atoms with Crippen LogP contribution in [-0.2, 0) is 14.3 Å². The van der Waals surface area contributed by atoms with E-state index in [9.17, 15) is 8.42 Å². The monoisotopic (exact) mass is 220 g/mol. The number of rotatable bonds is 2. The molecule has 0 aromatic heterocycles. The first kappa shape index (κ1) is 9.24. The Hall–Kier alpha value is -0.320. The predicted octanol–water partition coefficient (Wildman–Crippen LogP) is 1.27. The largest absolute Gasteiger partial charge is 0.265 e. The van der Waals surface area contributed by atoms with Gasteiger partial charge in [-0.15, -0.1) is 0 Å². The molecular weight excluding hydrogens is 212 g/mol. The van der Waals surface area contributed by atoms with Gasteiger partial charge in [0.25, 0.3) is 10.1 Å². The topological polar surface area (TPSA) is 43.4 Å². The summed E-state index contributed by atoms with van der Waals surface area (Å²) in [6.07, 6.45) is 6.36.